The Bertz CT molecular complexity index is 602. The minimum atomic E-state index is -3.83. The molecule has 1 unspecified atom stereocenters. The minimum Gasteiger partial charge on any atom is -0.495 e. The van der Waals surface area contributed by atoms with E-state index in [4.69, 9.17) is 25.8 Å². The summed E-state index contributed by atoms with van der Waals surface area (Å²) in [5, 5.41) is 3.22. The molecule has 1 aromatic carbocycles. The van der Waals surface area contributed by atoms with Crippen molar-refractivity contribution in [1.82, 2.24) is 10.0 Å². The maximum atomic E-state index is 12.4. The molecule has 1 aliphatic heterocycles. The van der Waals surface area contributed by atoms with E-state index < -0.39 is 16.3 Å². The Balaban J connectivity index is 2.32. The molecule has 1 saturated heterocycles. The second-order valence-corrected chi connectivity index (χ2v) is 6.41. The number of rotatable bonds is 5. The molecule has 0 aliphatic carbocycles. The van der Waals surface area contributed by atoms with Crippen LogP contribution >= 0.6 is 11.6 Å². The van der Waals surface area contributed by atoms with Crippen LogP contribution in [0.1, 0.15) is 0 Å². The van der Waals surface area contributed by atoms with E-state index in [0.29, 0.717) is 25.4 Å². The first kappa shape index (κ1) is 16.3. The molecule has 7 nitrogen and oxygen atoms in total. The average molecular weight is 337 g/mol. The number of benzene rings is 1. The Morgan fingerprint density at radius 3 is 2.62 bits per heavy atom. The molecule has 1 atom stereocenters. The summed E-state index contributed by atoms with van der Waals surface area (Å²) >= 11 is 5.99. The molecular weight excluding hydrogens is 320 g/mol. The highest BCUT2D eigenvalue weighted by Crippen LogP contribution is 2.35. The standard InChI is InChI=1S/C12H17ClN2O5S/c1-18-9-6-10(19-2)11(5-8(9)13)21(16,17)15-12-7-14-3-4-20-12/h5-6,12,14-15H,3-4,7H2,1-2H3. The van der Waals surface area contributed by atoms with Crippen molar-refractivity contribution >= 4 is 21.6 Å². The third-order valence-corrected chi connectivity index (χ3v) is 4.71. The van der Waals surface area contributed by atoms with Crippen LogP contribution < -0.4 is 19.5 Å². The van der Waals surface area contributed by atoms with Crippen LogP contribution in [-0.2, 0) is 14.8 Å². The zero-order chi connectivity index (χ0) is 15.5. The van der Waals surface area contributed by atoms with Gasteiger partial charge in [0, 0.05) is 19.2 Å². The van der Waals surface area contributed by atoms with Gasteiger partial charge in [0.25, 0.3) is 0 Å². The molecule has 9 heteroatoms. The number of hydrogen-bond donors (Lipinski definition) is 2. The second kappa shape index (κ2) is 6.80. The van der Waals surface area contributed by atoms with Crippen LogP contribution in [-0.4, -0.2) is 48.6 Å². The molecule has 21 heavy (non-hydrogen) atoms. The lowest BCUT2D eigenvalue weighted by Crippen LogP contribution is -2.48. The number of halogens is 1. The van der Waals surface area contributed by atoms with Crippen LogP contribution in [0.25, 0.3) is 0 Å². The van der Waals surface area contributed by atoms with Crippen LogP contribution in [0, 0.1) is 0 Å². The Hall–Kier alpha value is -1.06. The summed E-state index contributed by atoms with van der Waals surface area (Å²) < 4.78 is 42.8. The summed E-state index contributed by atoms with van der Waals surface area (Å²) in [5.41, 5.74) is 0. The molecule has 2 N–H and O–H groups in total. The van der Waals surface area contributed by atoms with E-state index in [1.54, 1.807) is 0 Å². The van der Waals surface area contributed by atoms with Crippen molar-refractivity contribution in [2.75, 3.05) is 33.9 Å². The van der Waals surface area contributed by atoms with Gasteiger partial charge < -0.3 is 19.5 Å². The third-order valence-electron chi connectivity index (χ3n) is 2.94. The van der Waals surface area contributed by atoms with Gasteiger partial charge in [0.15, 0.2) is 0 Å². The predicted octanol–water partition coefficient (Wildman–Crippen LogP) is 0.581. The van der Waals surface area contributed by atoms with Crippen LogP contribution in [0.2, 0.25) is 5.02 Å². The lowest BCUT2D eigenvalue weighted by atomic mass is 10.3. The molecule has 1 aliphatic rings. The highest BCUT2D eigenvalue weighted by molar-refractivity contribution is 7.89. The molecule has 0 amide bonds. The Labute approximate surface area is 128 Å². The highest BCUT2D eigenvalue weighted by Gasteiger charge is 2.26. The molecule has 0 saturated carbocycles. The number of methoxy groups -OCH3 is 2. The van der Waals surface area contributed by atoms with Crippen molar-refractivity contribution in [3.8, 4) is 11.5 Å². The van der Waals surface area contributed by atoms with Crippen LogP contribution in [0.5, 0.6) is 11.5 Å². The summed E-state index contributed by atoms with van der Waals surface area (Å²) in [6.45, 7) is 1.52. The normalized spacial score (nSPS) is 19.3. The maximum Gasteiger partial charge on any atom is 0.246 e. The van der Waals surface area contributed by atoms with E-state index >= 15 is 0 Å². The van der Waals surface area contributed by atoms with Gasteiger partial charge in [0.1, 0.15) is 22.6 Å². The molecule has 0 aromatic heterocycles. The summed E-state index contributed by atoms with van der Waals surface area (Å²) in [7, 11) is -1.02. The van der Waals surface area contributed by atoms with Crippen molar-refractivity contribution in [2.24, 2.45) is 0 Å². The van der Waals surface area contributed by atoms with Crippen molar-refractivity contribution < 1.29 is 22.6 Å². The summed E-state index contributed by atoms with van der Waals surface area (Å²) in [5.74, 6) is 0.482. The van der Waals surface area contributed by atoms with Crippen LogP contribution in [0.15, 0.2) is 17.0 Å². The summed E-state index contributed by atoms with van der Waals surface area (Å²) in [6, 6.07) is 2.72. The number of ether oxygens (including phenoxy) is 3. The quantitative estimate of drug-likeness (QED) is 0.818. The zero-order valence-corrected chi connectivity index (χ0v) is 13.3. The number of hydrogen-bond acceptors (Lipinski definition) is 6. The van der Waals surface area contributed by atoms with E-state index in [1.807, 2.05) is 0 Å². The number of sulfonamides is 1. The van der Waals surface area contributed by atoms with Gasteiger partial charge in [-0.3, -0.25) is 0 Å². The molecule has 0 radical (unpaired) electrons. The molecular formula is C12H17ClN2O5S. The second-order valence-electron chi connectivity index (χ2n) is 4.32. The zero-order valence-electron chi connectivity index (χ0n) is 11.7. The predicted molar refractivity (Wildman–Crippen MR) is 77.5 cm³/mol. The minimum absolute atomic E-state index is 0.0648. The molecule has 0 spiro atoms. The highest BCUT2D eigenvalue weighted by atomic mass is 35.5. The Morgan fingerprint density at radius 1 is 1.33 bits per heavy atom. The first-order valence-electron chi connectivity index (χ1n) is 6.24. The van der Waals surface area contributed by atoms with Gasteiger partial charge in [-0.05, 0) is 6.07 Å². The lowest BCUT2D eigenvalue weighted by molar-refractivity contribution is 0.0219. The van der Waals surface area contributed by atoms with Gasteiger partial charge in [-0.25, -0.2) is 8.42 Å². The first-order chi connectivity index (χ1) is 9.97. The van der Waals surface area contributed by atoms with Gasteiger partial charge in [0.2, 0.25) is 10.0 Å². The summed E-state index contributed by atoms with van der Waals surface area (Å²) in [6.07, 6.45) is -0.630. The van der Waals surface area contributed by atoms with Crippen LogP contribution in [0.4, 0.5) is 0 Å². The average Bonchev–Trinajstić information content (AvgIpc) is 2.47. The largest absolute Gasteiger partial charge is 0.495 e. The molecule has 0 bridgehead atoms. The number of nitrogens with one attached hydrogen (secondary N) is 2. The van der Waals surface area contributed by atoms with Crippen molar-refractivity contribution in [1.29, 1.82) is 0 Å². The van der Waals surface area contributed by atoms with E-state index in [0.717, 1.165) is 0 Å². The maximum absolute atomic E-state index is 12.4. The fourth-order valence-electron chi connectivity index (χ4n) is 1.92. The topological polar surface area (TPSA) is 85.9 Å². The fraction of sp³-hybridized carbons (Fsp3) is 0.500. The number of morpholine rings is 1. The van der Waals surface area contributed by atoms with Gasteiger partial charge >= 0.3 is 0 Å². The Kier molecular flexibility index (Phi) is 5.28. The van der Waals surface area contributed by atoms with Crippen LogP contribution in [0.3, 0.4) is 0 Å². The van der Waals surface area contributed by atoms with Crippen molar-refractivity contribution in [3.05, 3.63) is 17.2 Å². The molecule has 1 fully saturated rings. The van der Waals surface area contributed by atoms with E-state index in [2.05, 4.69) is 10.0 Å². The molecule has 1 heterocycles. The van der Waals surface area contributed by atoms with Gasteiger partial charge in [-0.15, -0.1) is 0 Å². The smallest absolute Gasteiger partial charge is 0.246 e. The van der Waals surface area contributed by atoms with E-state index in [9.17, 15) is 8.42 Å². The van der Waals surface area contributed by atoms with Crippen molar-refractivity contribution in [2.45, 2.75) is 11.1 Å². The fourth-order valence-corrected chi connectivity index (χ4v) is 3.53. The molecule has 1 aromatic rings. The van der Waals surface area contributed by atoms with Gasteiger partial charge in [-0.2, -0.15) is 4.72 Å². The Morgan fingerprint density at radius 2 is 2.05 bits per heavy atom. The molecule has 2 rings (SSSR count). The summed E-state index contributed by atoms with van der Waals surface area (Å²) in [4.78, 5) is -0.0648. The van der Waals surface area contributed by atoms with E-state index in [1.165, 1.54) is 26.4 Å². The van der Waals surface area contributed by atoms with Gasteiger partial charge in [0.05, 0.1) is 25.8 Å². The van der Waals surface area contributed by atoms with Crippen molar-refractivity contribution in [3.63, 3.8) is 0 Å². The van der Waals surface area contributed by atoms with Gasteiger partial charge in [-0.1, -0.05) is 11.6 Å². The molecule has 118 valence electrons. The first-order valence-corrected chi connectivity index (χ1v) is 8.10. The van der Waals surface area contributed by atoms with E-state index in [-0.39, 0.29) is 15.7 Å². The lowest BCUT2D eigenvalue weighted by Gasteiger charge is -2.24. The monoisotopic (exact) mass is 336 g/mol. The third kappa shape index (κ3) is 3.78. The SMILES string of the molecule is COc1cc(OC)c(S(=O)(=O)NC2CNCCO2)cc1Cl.